The van der Waals surface area contributed by atoms with E-state index in [4.69, 9.17) is 14.2 Å². The van der Waals surface area contributed by atoms with E-state index in [1.54, 1.807) is 38.1 Å². The minimum Gasteiger partial charge on any atom is -0.493 e. The lowest BCUT2D eigenvalue weighted by molar-refractivity contribution is -0.152. The SMILES string of the molecule is CCOC(=O)CCOc1cccc(CC(C(=O)OCC)C(O)c2ccccc2)c1. The zero-order valence-corrected chi connectivity index (χ0v) is 16.9. The van der Waals surface area contributed by atoms with Crippen molar-refractivity contribution in [1.29, 1.82) is 0 Å². The van der Waals surface area contributed by atoms with Gasteiger partial charge in [-0.3, -0.25) is 9.59 Å². The third-order valence-electron chi connectivity index (χ3n) is 4.35. The van der Waals surface area contributed by atoms with E-state index in [0.29, 0.717) is 24.3 Å². The van der Waals surface area contributed by atoms with Gasteiger partial charge in [0, 0.05) is 0 Å². The van der Waals surface area contributed by atoms with Gasteiger partial charge in [0.1, 0.15) is 5.75 Å². The fourth-order valence-corrected chi connectivity index (χ4v) is 2.96. The normalized spacial score (nSPS) is 12.7. The Morgan fingerprint density at radius 3 is 2.38 bits per heavy atom. The quantitative estimate of drug-likeness (QED) is 0.582. The average Bonchev–Trinajstić information content (AvgIpc) is 2.73. The molecular weight excluding hydrogens is 372 g/mol. The van der Waals surface area contributed by atoms with Gasteiger partial charge in [0.15, 0.2) is 0 Å². The van der Waals surface area contributed by atoms with Gasteiger partial charge < -0.3 is 19.3 Å². The van der Waals surface area contributed by atoms with Crippen LogP contribution in [0.3, 0.4) is 0 Å². The van der Waals surface area contributed by atoms with Gasteiger partial charge in [0.05, 0.1) is 38.3 Å². The first kappa shape index (κ1) is 22.4. The van der Waals surface area contributed by atoms with Crippen molar-refractivity contribution < 1.29 is 28.9 Å². The molecule has 29 heavy (non-hydrogen) atoms. The monoisotopic (exact) mass is 400 g/mol. The van der Waals surface area contributed by atoms with Crippen LogP contribution in [0.25, 0.3) is 0 Å². The van der Waals surface area contributed by atoms with Crippen molar-refractivity contribution in [1.82, 2.24) is 0 Å². The van der Waals surface area contributed by atoms with Gasteiger partial charge in [-0.25, -0.2) is 0 Å². The molecule has 6 heteroatoms. The van der Waals surface area contributed by atoms with Gasteiger partial charge in [-0.2, -0.15) is 0 Å². The summed E-state index contributed by atoms with van der Waals surface area (Å²) < 4.78 is 15.7. The lowest BCUT2D eigenvalue weighted by Gasteiger charge is -2.22. The van der Waals surface area contributed by atoms with Gasteiger partial charge in [-0.1, -0.05) is 42.5 Å². The van der Waals surface area contributed by atoms with E-state index >= 15 is 0 Å². The number of carbonyl (C=O) groups is 2. The van der Waals surface area contributed by atoms with Crippen LogP contribution in [0.4, 0.5) is 0 Å². The van der Waals surface area contributed by atoms with Crippen LogP contribution >= 0.6 is 0 Å². The van der Waals surface area contributed by atoms with Crippen LogP contribution in [0.1, 0.15) is 37.5 Å². The lowest BCUT2D eigenvalue weighted by Crippen LogP contribution is -2.26. The molecule has 0 aliphatic carbocycles. The first-order valence-electron chi connectivity index (χ1n) is 9.82. The highest BCUT2D eigenvalue weighted by molar-refractivity contribution is 5.74. The first-order chi connectivity index (χ1) is 14.0. The van der Waals surface area contributed by atoms with E-state index in [1.807, 2.05) is 30.3 Å². The number of benzene rings is 2. The fraction of sp³-hybridized carbons (Fsp3) is 0.391. The van der Waals surface area contributed by atoms with Gasteiger partial charge in [0.25, 0.3) is 0 Å². The number of aliphatic hydroxyl groups excluding tert-OH is 1. The van der Waals surface area contributed by atoms with E-state index < -0.39 is 18.0 Å². The molecular formula is C23H28O6. The van der Waals surface area contributed by atoms with E-state index in [-0.39, 0.29) is 25.6 Å². The zero-order valence-electron chi connectivity index (χ0n) is 16.9. The molecule has 0 aliphatic rings. The Bertz CT molecular complexity index is 774. The highest BCUT2D eigenvalue weighted by Crippen LogP contribution is 2.27. The number of rotatable bonds is 11. The Hall–Kier alpha value is -2.86. The maximum absolute atomic E-state index is 12.5. The summed E-state index contributed by atoms with van der Waals surface area (Å²) in [6.07, 6.45) is -0.524. The molecule has 2 aromatic carbocycles. The summed E-state index contributed by atoms with van der Waals surface area (Å²) in [5.41, 5.74) is 1.49. The second-order valence-electron chi connectivity index (χ2n) is 6.47. The molecule has 1 N–H and O–H groups in total. The van der Waals surface area contributed by atoms with E-state index in [0.717, 1.165) is 5.56 Å². The maximum Gasteiger partial charge on any atom is 0.312 e. The van der Waals surface area contributed by atoms with E-state index in [2.05, 4.69) is 0 Å². The van der Waals surface area contributed by atoms with Crippen molar-refractivity contribution in [3.63, 3.8) is 0 Å². The number of hydrogen-bond acceptors (Lipinski definition) is 6. The molecule has 2 atom stereocenters. The van der Waals surface area contributed by atoms with Crippen molar-refractivity contribution >= 4 is 11.9 Å². The van der Waals surface area contributed by atoms with Gasteiger partial charge in [0.2, 0.25) is 0 Å². The van der Waals surface area contributed by atoms with Gasteiger partial charge in [-0.05, 0) is 43.5 Å². The van der Waals surface area contributed by atoms with Crippen LogP contribution in [-0.2, 0) is 25.5 Å². The van der Waals surface area contributed by atoms with Crippen LogP contribution in [0.2, 0.25) is 0 Å². The van der Waals surface area contributed by atoms with Crippen LogP contribution in [-0.4, -0.2) is 36.9 Å². The second kappa shape index (κ2) is 11.9. The van der Waals surface area contributed by atoms with Gasteiger partial charge in [-0.15, -0.1) is 0 Å². The second-order valence-corrected chi connectivity index (χ2v) is 6.47. The van der Waals surface area contributed by atoms with Crippen molar-refractivity contribution in [3.8, 4) is 5.75 Å². The largest absolute Gasteiger partial charge is 0.493 e. The Balaban J connectivity index is 2.08. The van der Waals surface area contributed by atoms with Gasteiger partial charge >= 0.3 is 11.9 Å². The Morgan fingerprint density at radius 1 is 0.966 bits per heavy atom. The van der Waals surface area contributed by atoms with Crippen molar-refractivity contribution in [2.75, 3.05) is 19.8 Å². The molecule has 0 radical (unpaired) electrons. The van der Waals surface area contributed by atoms with Crippen LogP contribution in [0, 0.1) is 5.92 Å². The molecule has 2 unspecified atom stereocenters. The molecule has 156 valence electrons. The Kier molecular flexibility index (Phi) is 9.18. The summed E-state index contributed by atoms with van der Waals surface area (Å²) in [6.45, 7) is 4.28. The minimum atomic E-state index is -0.983. The minimum absolute atomic E-state index is 0.163. The van der Waals surface area contributed by atoms with Crippen LogP contribution in [0.5, 0.6) is 5.75 Å². The van der Waals surface area contributed by atoms with Crippen molar-refractivity contribution in [2.45, 2.75) is 32.8 Å². The topological polar surface area (TPSA) is 82.1 Å². The molecule has 0 fully saturated rings. The first-order valence-corrected chi connectivity index (χ1v) is 9.82. The van der Waals surface area contributed by atoms with Crippen molar-refractivity contribution in [2.24, 2.45) is 5.92 Å². The number of hydrogen-bond donors (Lipinski definition) is 1. The maximum atomic E-state index is 12.5. The third-order valence-corrected chi connectivity index (χ3v) is 4.35. The number of aliphatic hydroxyl groups is 1. The van der Waals surface area contributed by atoms with E-state index in [1.165, 1.54) is 0 Å². The predicted molar refractivity (Wildman–Crippen MR) is 108 cm³/mol. The molecule has 0 heterocycles. The molecule has 0 spiro atoms. The fourth-order valence-electron chi connectivity index (χ4n) is 2.96. The summed E-state index contributed by atoms with van der Waals surface area (Å²) in [5, 5.41) is 10.8. The standard InChI is InChI=1S/C23H28O6/c1-3-27-21(24)13-14-29-19-12-8-9-17(15-19)16-20(23(26)28-4-2)22(25)18-10-6-5-7-11-18/h5-12,15,20,22,25H,3-4,13-14,16H2,1-2H3. The summed E-state index contributed by atoms with van der Waals surface area (Å²) >= 11 is 0. The summed E-state index contributed by atoms with van der Waals surface area (Å²) in [7, 11) is 0. The zero-order chi connectivity index (χ0) is 21.1. The highest BCUT2D eigenvalue weighted by Gasteiger charge is 2.29. The molecule has 0 bridgehead atoms. The highest BCUT2D eigenvalue weighted by atomic mass is 16.5. The Labute approximate surface area is 171 Å². The summed E-state index contributed by atoms with van der Waals surface area (Å²) in [5.74, 6) is -0.912. The Morgan fingerprint density at radius 2 is 1.69 bits per heavy atom. The van der Waals surface area contributed by atoms with Crippen LogP contribution in [0.15, 0.2) is 54.6 Å². The molecule has 2 aromatic rings. The summed E-state index contributed by atoms with van der Waals surface area (Å²) in [4.78, 5) is 23.9. The van der Waals surface area contributed by atoms with Crippen molar-refractivity contribution in [3.05, 3.63) is 65.7 Å². The molecule has 0 amide bonds. The third kappa shape index (κ3) is 7.23. The van der Waals surface area contributed by atoms with E-state index in [9.17, 15) is 14.7 Å². The number of ether oxygens (including phenoxy) is 3. The van der Waals surface area contributed by atoms with Crippen LogP contribution < -0.4 is 4.74 Å². The average molecular weight is 400 g/mol. The number of esters is 2. The molecule has 0 saturated heterocycles. The number of carbonyl (C=O) groups excluding carboxylic acids is 2. The molecule has 0 aromatic heterocycles. The molecule has 6 nitrogen and oxygen atoms in total. The molecule has 0 saturated carbocycles. The summed E-state index contributed by atoms with van der Waals surface area (Å²) in [6, 6.07) is 16.3. The smallest absolute Gasteiger partial charge is 0.312 e. The predicted octanol–water partition coefficient (Wildman–Crippen LogP) is 3.47. The molecule has 2 rings (SSSR count). The lowest BCUT2D eigenvalue weighted by atomic mass is 9.90. The molecule has 0 aliphatic heterocycles.